The molecule has 8 heteroatoms. The normalized spacial score (nSPS) is 18.0. The molecule has 1 saturated heterocycles. The first-order valence-corrected chi connectivity index (χ1v) is 6.62. The summed E-state index contributed by atoms with van der Waals surface area (Å²) in [6.45, 7) is 5.20. The van der Waals surface area contributed by atoms with E-state index < -0.39 is 24.1 Å². The van der Waals surface area contributed by atoms with Crippen molar-refractivity contribution in [3.8, 4) is 0 Å². The summed E-state index contributed by atoms with van der Waals surface area (Å²) in [7, 11) is 0. The molecule has 0 aromatic rings. The number of carboxylic acids is 1. The highest BCUT2D eigenvalue weighted by molar-refractivity contribution is 5.88. The summed E-state index contributed by atoms with van der Waals surface area (Å²) in [6, 6.07) is -2.33. The predicted molar refractivity (Wildman–Crippen MR) is 70.2 cm³/mol. The average molecular weight is 287 g/mol. The van der Waals surface area contributed by atoms with E-state index in [0.717, 1.165) is 0 Å². The second-order valence-corrected chi connectivity index (χ2v) is 4.58. The van der Waals surface area contributed by atoms with Crippen LogP contribution in [0.25, 0.3) is 0 Å². The highest BCUT2D eigenvalue weighted by Gasteiger charge is 2.25. The van der Waals surface area contributed by atoms with Gasteiger partial charge in [0.05, 0.1) is 13.2 Å². The van der Waals surface area contributed by atoms with Crippen LogP contribution in [0.1, 0.15) is 20.3 Å². The molecular weight excluding hydrogens is 266 g/mol. The SMILES string of the molecule is CC[C@H](NC(=O)NC(C)C(=O)N1CCOCC1)C(=O)O. The van der Waals surface area contributed by atoms with Crippen molar-refractivity contribution in [3.05, 3.63) is 0 Å². The van der Waals surface area contributed by atoms with E-state index in [0.29, 0.717) is 26.3 Å². The van der Waals surface area contributed by atoms with Crippen molar-refractivity contribution in [2.24, 2.45) is 0 Å². The number of carboxylic acid groups (broad SMARTS) is 1. The third kappa shape index (κ3) is 4.69. The van der Waals surface area contributed by atoms with Crippen molar-refractivity contribution in [1.29, 1.82) is 0 Å². The number of amides is 3. The molecule has 0 spiro atoms. The van der Waals surface area contributed by atoms with Crippen LogP contribution < -0.4 is 10.6 Å². The lowest BCUT2D eigenvalue weighted by atomic mass is 10.2. The van der Waals surface area contributed by atoms with E-state index in [1.54, 1.807) is 18.7 Å². The maximum atomic E-state index is 12.0. The lowest BCUT2D eigenvalue weighted by molar-refractivity contribution is -0.139. The fraction of sp³-hybridized carbons (Fsp3) is 0.750. The van der Waals surface area contributed by atoms with Gasteiger partial charge < -0.3 is 25.4 Å². The first-order chi connectivity index (χ1) is 9.45. The number of morpholine rings is 1. The molecule has 1 fully saturated rings. The number of carbonyl (C=O) groups excluding carboxylic acids is 2. The number of carbonyl (C=O) groups is 3. The number of nitrogens with zero attached hydrogens (tertiary/aromatic N) is 1. The standard InChI is InChI=1S/C12H21N3O5/c1-3-9(11(17)18)14-12(19)13-8(2)10(16)15-4-6-20-7-5-15/h8-9H,3-7H2,1-2H3,(H,17,18)(H2,13,14,19)/t8?,9-/m0/s1. The van der Waals surface area contributed by atoms with Crippen molar-refractivity contribution in [2.45, 2.75) is 32.4 Å². The molecular formula is C12H21N3O5. The van der Waals surface area contributed by atoms with Gasteiger partial charge in [0.2, 0.25) is 5.91 Å². The fourth-order valence-corrected chi connectivity index (χ4v) is 1.85. The Morgan fingerprint density at radius 1 is 1.25 bits per heavy atom. The highest BCUT2D eigenvalue weighted by atomic mass is 16.5. The maximum Gasteiger partial charge on any atom is 0.326 e. The molecule has 0 aromatic carbocycles. The van der Waals surface area contributed by atoms with Gasteiger partial charge in [-0.05, 0) is 13.3 Å². The van der Waals surface area contributed by atoms with Crippen molar-refractivity contribution in [3.63, 3.8) is 0 Å². The average Bonchev–Trinajstić information content (AvgIpc) is 2.44. The van der Waals surface area contributed by atoms with Crippen LogP contribution >= 0.6 is 0 Å². The van der Waals surface area contributed by atoms with E-state index >= 15 is 0 Å². The van der Waals surface area contributed by atoms with Crippen LogP contribution in [0.3, 0.4) is 0 Å². The number of hydrogen-bond acceptors (Lipinski definition) is 4. The van der Waals surface area contributed by atoms with Gasteiger partial charge in [-0.15, -0.1) is 0 Å². The zero-order valence-electron chi connectivity index (χ0n) is 11.7. The molecule has 2 atom stereocenters. The maximum absolute atomic E-state index is 12.0. The molecule has 3 amide bonds. The molecule has 114 valence electrons. The number of ether oxygens (including phenoxy) is 1. The Morgan fingerprint density at radius 3 is 2.35 bits per heavy atom. The predicted octanol–water partition coefficient (Wildman–Crippen LogP) is -0.604. The fourth-order valence-electron chi connectivity index (χ4n) is 1.85. The third-order valence-corrected chi connectivity index (χ3v) is 3.05. The van der Waals surface area contributed by atoms with Gasteiger partial charge in [0.1, 0.15) is 12.1 Å². The van der Waals surface area contributed by atoms with E-state index in [4.69, 9.17) is 9.84 Å². The molecule has 3 N–H and O–H groups in total. The van der Waals surface area contributed by atoms with Gasteiger partial charge in [0.15, 0.2) is 0 Å². The molecule has 0 saturated carbocycles. The quantitative estimate of drug-likeness (QED) is 0.625. The second-order valence-electron chi connectivity index (χ2n) is 4.58. The Labute approximate surface area is 117 Å². The second kappa shape index (κ2) is 7.68. The minimum absolute atomic E-state index is 0.202. The molecule has 0 radical (unpaired) electrons. The van der Waals surface area contributed by atoms with Crippen molar-refractivity contribution in [1.82, 2.24) is 15.5 Å². The lowest BCUT2D eigenvalue weighted by Crippen LogP contribution is -2.54. The summed E-state index contributed by atoms with van der Waals surface area (Å²) in [5.74, 6) is -1.30. The Balaban J connectivity index is 2.43. The summed E-state index contributed by atoms with van der Waals surface area (Å²) in [5.41, 5.74) is 0. The number of urea groups is 1. The lowest BCUT2D eigenvalue weighted by Gasteiger charge is -2.29. The van der Waals surface area contributed by atoms with Crippen LogP contribution in [-0.2, 0) is 14.3 Å². The number of aliphatic carboxylic acids is 1. The Bertz CT molecular complexity index is 368. The monoisotopic (exact) mass is 287 g/mol. The Hall–Kier alpha value is -1.83. The van der Waals surface area contributed by atoms with Gasteiger partial charge in [-0.2, -0.15) is 0 Å². The van der Waals surface area contributed by atoms with E-state index in [-0.39, 0.29) is 12.3 Å². The van der Waals surface area contributed by atoms with Gasteiger partial charge in [0.25, 0.3) is 0 Å². The number of nitrogens with one attached hydrogen (secondary N) is 2. The third-order valence-electron chi connectivity index (χ3n) is 3.05. The van der Waals surface area contributed by atoms with Crippen molar-refractivity contribution in [2.75, 3.05) is 26.3 Å². The van der Waals surface area contributed by atoms with Gasteiger partial charge in [-0.1, -0.05) is 6.92 Å². The zero-order valence-corrected chi connectivity index (χ0v) is 11.7. The van der Waals surface area contributed by atoms with Crippen LogP contribution in [-0.4, -0.2) is 66.3 Å². The van der Waals surface area contributed by atoms with Gasteiger partial charge in [-0.3, -0.25) is 4.79 Å². The molecule has 0 aliphatic carbocycles. The Morgan fingerprint density at radius 2 is 1.85 bits per heavy atom. The summed E-state index contributed by atoms with van der Waals surface area (Å²) in [6.07, 6.45) is 0.272. The van der Waals surface area contributed by atoms with E-state index in [1.807, 2.05) is 0 Å². The van der Waals surface area contributed by atoms with E-state index in [1.165, 1.54) is 0 Å². The molecule has 1 aliphatic heterocycles. The van der Waals surface area contributed by atoms with Gasteiger partial charge in [-0.25, -0.2) is 9.59 Å². The molecule has 0 aromatic heterocycles. The van der Waals surface area contributed by atoms with Crippen LogP contribution in [0.15, 0.2) is 0 Å². The molecule has 8 nitrogen and oxygen atoms in total. The Kier molecular flexibility index (Phi) is 6.23. The minimum atomic E-state index is -1.10. The number of hydrogen-bond donors (Lipinski definition) is 3. The smallest absolute Gasteiger partial charge is 0.326 e. The van der Waals surface area contributed by atoms with Crippen molar-refractivity contribution < 1.29 is 24.2 Å². The van der Waals surface area contributed by atoms with Crippen LogP contribution in [0.2, 0.25) is 0 Å². The largest absolute Gasteiger partial charge is 0.480 e. The van der Waals surface area contributed by atoms with Crippen LogP contribution in [0, 0.1) is 0 Å². The molecule has 1 aliphatic rings. The van der Waals surface area contributed by atoms with Crippen LogP contribution in [0.5, 0.6) is 0 Å². The molecule has 1 heterocycles. The van der Waals surface area contributed by atoms with E-state index in [2.05, 4.69) is 10.6 Å². The minimum Gasteiger partial charge on any atom is -0.480 e. The molecule has 1 rings (SSSR count). The first kappa shape index (κ1) is 16.2. The summed E-state index contributed by atoms with van der Waals surface area (Å²) in [4.78, 5) is 36.1. The summed E-state index contributed by atoms with van der Waals surface area (Å²) < 4.78 is 5.15. The molecule has 20 heavy (non-hydrogen) atoms. The zero-order chi connectivity index (χ0) is 15.1. The summed E-state index contributed by atoms with van der Waals surface area (Å²) >= 11 is 0. The first-order valence-electron chi connectivity index (χ1n) is 6.62. The number of rotatable bonds is 5. The van der Waals surface area contributed by atoms with Gasteiger partial charge in [0, 0.05) is 13.1 Å². The van der Waals surface area contributed by atoms with E-state index in [9.17, 15) is 14.4 Å². The highest BCUT2D eigenvalue weighted by Crippen LogP contribution is 2.00. The molecule has 0 bridgehead atoms. The van der Waals surface area contributed by atoms with Crippen molar-refractivity contribution >= 4 is 17.9 Å². The summed E-state index contributed by atoms with van der Waals surface area (Å²) in [5, 5.41) is 13.6. The van der Waals surface area contributed by atoms with Gasteiger partial charge >= 0.3 is 12.0 Å². The van der Waals surface area contributed by atoms with Crippen LogP contribution in [0.4, 0.5) is 4.79 Å². The topological polar surface area (TPSA) is 108 Å². The molecule has 1 unspecified atom stereocenters.